The van der Waals surface area contributed by atoms with Gasteiger partial charge in [0, 0.05) is 11.3 Å². The van der Waals surface area contributed by atoms with E-state index in [2.05, 4.69) is 5.32 Å². The molecule has 2 nitrogen and oxygen atoms in total. The van der Waals surface area contributed by atoms with Gasteiger partial charge in [0.1, 0.15) is 0 Å². The minimum atomic E-state index is -0.0580. The minimum absolute atomic E-state index is 0.0580. The molecule has 0 atom stereocenters. The van der Waals surface area contributed by atoms with Gasteiger partial charge in [0.05, 0.1) is 0 Å². The largest absolute Gasteiger partial charge is 0.322 e. The Balaban J connectivity index is 1.92. The molecule has 1 N–H and O–H groups in total. The van der Waals surface area contributed by atoms with E-state index in [4.69, 9.17) is 0 Å². The Morgan fingerprint density at radius 3 is 2.41 bits per heavy atom. The van der Waals surface area contributed by atoms with Gasteiger partial charge in [-0.2, -0.15) is 0 Å². The van der Waals surface area contributed by atoms with Gasteiger partial charge < -0.3 is 5.32 Å². The van der Waals surface area contributed by atoms with Crippen LogP contribution in [0.3, 0.4) is 0 Å². The van der Waals surface area contributed by atoms with Crippen molar-refractivity contribution in [3.8, 4) is 0 Å². The molecule has 82 valence electrons. The zero-order valence-electron chi connectivity index (χ0n) is 9.18. The number of benzene rings is 2. The molecule has 0 fully saturated rings. The van der Waals surface area contributed by atoms with Crippen LogP contribution >= 0.6 is 0 Å². The van der Waals surface area contributed by atoms with Crippen LogP contribution in [0.25, 0.3) is 12.2 Å². The summed E-state index contributed by atoms with van der Waals surface area (Å²) < 4.78 is 0. The fourth-order valence-corrected chi connectivity index (χ4v) is 1.91. The monoisotopic (exact) mass is 221 g/mol. The fourth-order valence-electron chi connectivity index (χ4n) is 1.91. The Morgan fingerprint density at radius 1 is 0.882 bits per heavy atom. The molecule has 0 spiro atoms. The molecule has 1 amide bonds. The number of anilines is 1. The average molecular weight is 221 g/mol. The van der Waals surface area contributed by atoms with Crippen LogP contribution in [0, 0.1) is 0 Å². The van der Waals surface area contributed by atoms with Gasteiger partial charge >= 0.3 is 0 Å². The number of carbonyl (C=O) groups excluding carboxylic acids is 1. The van der Waals surface area contributed by atoms with Crippen LogP contribution in [0.2, 0.25) is 0 Å². The van der Waals surface area contributed by atoms with Crippen molar-refractivity contribution in [1.29, 1.82) is 0 Å². The van der Waals surface area contributed by atoms with Crippen molar-refractivity contribution in [3.63, 3.8) is 0 Å². The van der Waals surface area contributed by atoms with Crippen LogP contribution in [-0.4, -0.2) is 5.91 Å². The van der Waals surface area contributed by atoms with E-state index in [0.717, 1.165) is 21.7 Å². The Hall–Kier alpha value is -2.35. The average Bonchev–Trinajstić information content (AvgIpc) is 2.31. The summed E-state index contributed by atoms with van der Waals surface area (Å²) >= 11 is 0. The maximum absolute atomic E-state index is 12.1. The lowest BCUT2D eigenvalue weighted by molar-refractivity contribution is 0.102. The van der Waals surface area contributed by atoms with E-state index in [1.54, 1.807) is 0 Å². The molecule has 0 bridgehead atoms. The molecule has 3 rings (SSSR count). The van der Waals surface area contributed by atoms with Crippen LogP contribution in [0.5, 0.6) is 0 Å². The first kappa shape index (κ1) is 9.85. The van der Waals surface area contributed by atoms with E-state index in [1.165, 1.54) is 0 Å². The Bertz CT molecular complexity index is 687. The number of fused-ring (bicyclic) bond motifs is 1. The molecule has 2 aromatic carbocycles. The molecule has 0 radical (unpaired) electrons. The molecule has 0 aromatic heterocycles. The summed E-state index contributed by atoms with van der Waals surface area (Å²) in [5, 5.41) is 5.05. The van der Waals surface area contributed by atoms with E-state index in [9.17, 15) is 4.79 Å². The summed E-state index contributed by atoms with van der Waals surface area (Å²) in [7, 11) is 0. The van der Waals surface area contributed by atoms with Crippen molar-refractivity contribution >= 4 is 23.7 Å². The number of hydrogen-bond acceptors (Lipinski definition) is 1. The van der Waals surface area contributed by atoms with Gasteiger partial charge in [0.2, 0.25) is 0 Å². The normalized spacial score (nSPS) is 11.5. The highest BCUT2D eigenvalue weighted by atomic mass is 16.1. The van der Waals surface area contributed by atoms with E-state index in [0.29, 0.717) is 0 Å². The summed E-state index contributed by atoms with van der Waals surface area (Å²) in [4.78, 5) is 12.1. The van der Waals surface area contributed by atoms with Gasteiger partial charge in [-0.3, -0.25) is 4.79 Å². The van der Waals surface area contributed by atoms with Crippen LogP contribution in [0.4, 0.5) is 5.69 Å². The molecule has 17 heavy (non-hydrogen) atoms. The molecule has 2 heteroatoms. The van der Waals surface area contributed by atoms with Crippen molar-refractivity contribution in [2.45, 2.75) is 0 Å². The van der Waals surface area contributed by atoms with Gasteiger partial charge in [-0.15, -0.1) is 0 Å². The van der Waals surface area contributed by atoms with Crippen molar-refractivity contribution in [1.82, 2.24) is 0 Å². The van der Waals surface area contributed by atoms with Crippen LogP contribution < -0.4 is 15.8 Å². The van der Waals surface area contributed by atoms with Gasteiger partial charge in [-0.25, -0.2) is 0 Å². The highest BCUT2D eigenvalue weighted by molar-refractivity contribution is 6.05. The van der Waals surface area contributed by atoms with Crippen LogP contribution in [0.1, 0.15) is 10.4 Å². The highest BCUT2D eigenvalue weighted by Gasteiger charge is 2.09. The summed E-state index contributed by atoms with van der Waals surface area (Å²) in [6, 6.07) is 15.2. The minimum Gasteiger partial charge on any atom is -0.322 e. The van der Waals surface area contributed by atoms with Crippen molar-refractivity contribution < 1.29 is 4.79 Å². The summed E-state index contributed by atoms with van der Waals surface area (Å²) in [5.74, 6) is -0.0580. The smallest absolute Gasteiger partial charge is 0.256 e. The van der Waals surface area contributed by atoms with Crippen molar-refractivity contribution in [3.05, 3.63) is 64.5 Å². The maximum Gasteiger partial charge on any atom is 0.256 e. The third-order valence-corrected chi connectivity index (χ3v) is 2.85. The lowest BCUT2D eigenvalue weighted by Crippen LogP contribution is -2.36. The zero-order valence-corrected chi connectivity index (χ0v) is 9.18. The summed E-state index contributed by atoms with van der Waals surface area (Å²) in [6.45, 7) is 0. The molecule has 0 saturated heterocycles. The Morgan fingerprint density at radius 2 is 1.71 bits per heavy atom. The third-order valence-electron chi connectivity index (χ3n) is 2.85. The first-order valence-electron chi connectivity index (χ1n) is 5.52. The van der Waals surface area contributed by atoms with Crippen LogP contribution in [-0.2, 0) is 0 Å². The third kappa shape index (κ3) is 1.74. The highest BCUT2D eigenvalue weighted by Crippen LogP contribution is 2.06. The molecule has 2 aromatic rings. The number of para-hydroxylation sites is 1. The van der Waals surface area contributed by atoms with Crippen molar-refractivity contribution in [2.75, 3.05) is 5.32 Å². The maximum atomic E-state index is 12.1. The lowest BCUT2D eigenvalue weighted by atomic mass is 10.0. The topological polar surface area (TPSA) is 29.1 Å². The molecular weight excluding hydrogens is 210 g/mol. The molecule has 0 saturated carbocycles. The Labute approximate surface area is 98.9 Å². The molecule has 0 heterocycles. The quantitative estimate of drug-likeness (QED) is 0.818. The standard InChI is InChI=1S/C15H11NO/c17-15(16-12-6-2-1-3-7-12)14-8-4-5-11-9-10-13(11)14/h1-10H,(H,16,17). The van der Waals surface area contributed by atoms with Gasteiger partial charge in [0.15, 0.2) is 0 Å². The molecule has 0 unspecified atom stereocenters. The van der Waals surface area contributed by atoms with Gasteiger partial charge in [0.25, 0.3) is 5.91 Å². The number of rotatable bonds is 2. The predicted molar refractivity (Wildman–Crippen MR) is 69.0 cm³/mol. The van der Waals surface area contributed by atoms with E-state index < -0.39 is 0 Å². The molecule has 1 aliphatic rings. The summed E-state index contributed by atoms with van der Waals surface area (Å²) in [5.41, 5.74) is 1.55. The second-order valence-electron chi connectivity index (χ2n) is 3.96. The number of amides is 1. The molecule has 0 aliphatic heterocycles. The van der Waals surface area contributed by atoms with Crippen molar-refractivity contribution in [2.24, 2.45) is 0 Å². The van der Waals surface area contributed by atoms with Crippen LogP contribution in [0.15, 0.2) is 48.5 Å². The number of carbonyl (C=O) groups is 1. The molecule has 1 aliphatic carbocycles. The summed E-state index contributed by atoms with van der Waals surface area (Å²) in [6.07, 6.45) is 3.98. The number of nitrogens with one attached hydrogen (secondary N) is 1. The fraction of sp³-hybridized carbons (Fsp3) is 0. The predicted octanol–water partition coefficient (Wildman–Crippen LogP) is 1.51. The first-order valence-corrected chi connectivity index (χ1v) is 5.52. The SMILES string of the molecule is O=C(Nc1ccccc1)c1cccc2c1=CC=2. The molecular formula is C15H11NO. The first-order chi connectivity index (χ1) is 8.34. The lowest BCUT2D eigenvalue weighted by Gasteiger charge is -2.08. The van der Waals surface area contributed by atoms with Gasteiger partial charge in [-0.05, 0) is 28.6 Å². The van der Waals surface area contributed by atoms with Gasteiger partial charge in [-0.1, -0.05) is 42.5 Å². The number of hydrogen-bond donors (Lipinski definition) is 1. The second kappa shape index (κ2) is 3.91. The second-order valence-corrected chi connectivity index (χ2v) is 3.96. The van der Waals surface area contributed by atoms with E-state index >= 15 is 0 Å². The van der Waals surface area contributed by atoms with E-state index in [1.807, 2.05) is 60.7 Å². The van der Waals surface area contributed by atoms with E-state index in [-0.39, 0.29) is 5.91 Å². The Kier molecular flexibility index (Phi) is 2.26. The zero-order chi connectivity index (χ0) is 11.7.